The number of nitrogens with two attached hydrogens (primary N) is 1. The fraction of sp³-hybridized carbons (Fsp3) is 0.429. The van der Waals surface area contributed by atoms with Crippen molar-refractivity contribution < 1.29 is 0 Å². The minimum Gasteiger partial charge on any atom is -0.399 e. The Morgan fingerprint density at radius 3 is 2.78 bits per heavy atom. The molecule has 2 aromatic rings. The van der Waals surface area contributed by atoms with Crippen molar-refractivity contribution in [2.24, 2.45) is 0 Å². The van der Waals surface area contributed by atoms with E-state index in [4.69, 9.17) is 5.73 Å². The molecule has 1 fully saturated rings. The lowest BCUT2D eigenvalue weighted by molar-refractivity contribution is 0.297. The molecule has 2 aliphatic rings. The second-order valence-electron chi connectivity index (χ2n) is 7.20. The predicted molar refractivity (Wildman–Crippen MR) is 96.8 cm³/mol. The predicted octanol–water partition coefficient (Wildman–Crippen LogP) is 4.18. The molecule has 0 bridgehead atoms. The highest BCUT2D eigenvalue weighted by atomic mass is 15.1. The summed E-state index contributed by atoms with van der Waals surface area (Å²) in [5.74, 6) is 1.40. The molecule has 2 aromatic carbocycles. The molecule has 2 atom stereocenters. The summed E-state index contributed by atoms with van der Waals surface area (Å²) in [6.45, 7) is 3.66. The molecule has 2 unspecified atom stereocenters. The lowest BCUT2D eigenvalue weighted by atomic mass is 9.82. The van der Waals surface area contributed by atoms with E-state index in [9.17, 15) is 0 Å². The summed E-state index contributed by atoms with van der Waals surface area (Å²) >= 11 is 0. The first kappa shape index (κ1) is 14.8. The van der Waals surface area contributed by atoms with Crippen LogP contribution in [0.1, 0.15) is 47.8 Å². The van der Waals surface area contributed by atoms with Crippen molar-refractivity contribution in [1.82, 2.24) is 4.90 Å². The molecule has 1 saturated heterocycles. The topological polar surface area (TPSA) is 29.3 Å². The van der Waals surface area contributed by atoms with Gasteiger partial charge in [0.1, 0.15) is 0 Å². The van der Waals surface area contributed by atoms with Gasteiger partial charge in [0.2, 0.25) is 0 Å². The van der Waals surface area contributed by atoms with Crippen LogP contribution in [0.5, 0.6) is 0 Å². The highest BCUT2D eigenvalue weighted by Gasteiger charge is 2.28. The molecule has 23 heavy (non-hydrogen) atoms. The van der Waals surface area contributed by atoms with Crippen molar-refractivity contribution in [1.29, 1.82) is 0 Å². The fourth-order valence-corrected chi connectivity index (χ4v) is 4.43. The normalized spacial score (nSPS) is 24.5. The molecule has 0 aromatic heterocycles. The zero-order valence-corrected chi connectivity index (χ0v) is 13.7. The number of anilines is 1. The Bertz CT molecular complexity index is 665. The van der Waals surface area contributed by atoms with Crippen molar-refractivity contribution in [2.45, 2.75) is 37.5 Å². The van der Waals surface area contributed by atoms with Gasteiger partial charge in [0.05, 0.1) is 0 Å². The molecular formula is C21H26N2. The Hall–Kier alpha value is -1.80. The van der Waals surface area contributed by atoms with E-state index in [0.29, 0.717) is 11.8 Å². The van der Waals surface area contributed by atoms with Crippen LogP contribution >= 0.6 is 0 Å². The van der Waals surface area contributed by atoms with E-state index in [-0.39, 0.29) is 0 Å². The van der Waals surface area contributed by atoms with Gasteiger partial charge in [-0.3, -0.25) is 0 Å². The van der Waals surface area contributed by atoms with Crippen LogP contribution in [0.25, 0.3) is 0 Å². The number of aryl methyl sites for hydroxylation is 1. The Kier molecular flexibility index (Phi) is 4.09. The van der Waals surface area contributed by atoms with Gasteiger partial charge in [0, 0.05) is 18.8 Å². The van der Waals surface area contributed by atoms with Gasteiger partial charge in [0.25, 0.3) is 0 Å². The number of nitrogen functional groups attached to an aromatic ring is 1. The first-order valence-corrected chi connectivity index (χ1v) is 8.95. The van der Waals surface area contributed by atoms with Crippen LogP contribution in [0.2, 0.25) is 0 Å². The largest absolute Gasteiger partial charge is 0.399 e. The summed E-state index contributed by atoms with van der Waals surface area (Å²) < 4.78 is 0. The lowest BCUT2D eigenvalue weighted by Crippen LogP contribution is -2.28. The summed E-state index contributed by atoms with van der Waals surface area (Å²) in [5.41, 5.74) is 11.4. The Balaban J connectivity index is 1.44. The third-order valence-corrected chi connectivity index (χ3v) is 5.63. The van der Waals surface area contributed by atoms with Gasteiger partial charge in [-0.1, -0.05) is 36.4 Å². The fourth-order valence-electron chi connectivity index (χ4n) is 4.43. The van der Waals surface area contributed by atoms with Crippen LogP contribution in [-0.2, 0) is 6.42 Å². The maximum absolute atomic E-state index is 5.96. The molecule has 4 rings (SSSR count). The van der Waals surface area contributed by atoms with Gasteiger partial charge >= 0.3 is 0 Å². The monoisotopic (exact) mass is 306 g/mol. The van der Waals surface area contributed by atoms with Crippen LogP contribution in [0.15, 0.2) is 48.5 Å². The van der Waals surface area contributed by atoms with Crippen LogP contribution in [0.4, 0.5) is 5.69 Å². The SMILES string of the molecule is Nc1ccc2c(c1)CCCC2CN1CCC(c2ccccc2)C1. The zero-order valence-electron chi connectivity index (χ0n) is 13.7. The molecule has 120 valence electrons. The molecule has 1 aliphatic carbocycles. The molecule has 0 spiro atoms. The Morgan fingerprint density at radius 1 is 1.04 bits per heavy atom. The second-order valence-corrected chi connectivity index (χ2v) is 7.20. The van der Waals surface area contributed by atoms with Crippen LogP contribution in [-0.4, -0.2) is 24.5 Å². The zero-order chi connectivity index (χ0) is 15.6. The summed E-state index contributed by atoms with van der Waals surface area (Å²) in [4.78, 5) is 2.67. The second kappa shape index (κ2) is 6.37. The van der Waals surface area contributed by atoms with Gasteiger partial charge < -0.3 is 10.6 Å². The summed E-state index contributed by atoms with van der Waals surface area (Å²) in [6.07, 6.45) is 5.12. The standard InChI is InChI=1S/C21H26N2/c22-20-9-10-21-17(13-20)7-4-8-19(21)15-23-12-11-18(14-23)16-5-2-1-3-6-16/h1-3,5-6,9-10,13,18-19H,4,7-8,11-12,14-15,22H2. The van der Waals surface area contributed by atoms with Crippen molar-refractivity contribution in [3.8, 4) is 0 Å². The van der Waals surface area contributed by atoms with Gasteiger partial charge in [-0.05, 0) is 72.9 Å². The number of nitrogens with zero attached hydrogens (tertiary/aromatic N) is 1. The van der Waals surface area contributed by atoms with Crippen LogP contribution in [0, 0.1) is 0 Å². The first-order valence-electron chi connectivity index (χ1n) is 8.95. The molecule has 2 N–H and O–H groups in total. The Morgan fingerprint density at radius 2 is 1.91 bits per heavy atom. The third kappa shape index (κ3) is 3.13. The minimum atomic E-state index is 0.689. The smallest absolute Gasteiger partial charge is 0.0316 e. The van der Waals surface area contributed by atoms with E-state index in [2.05, 4.69) is 53.4 Å². The van der Waals surface area contributed by atoms with Crippen molar-refractivity contribution in [2.75, 3.05) is 25.4 Å². The maximum Gasteiger partial charge on any atom is 0.0316 e. The molecule has 1 aliphatic heterocycles. The first-order chi connectivity index (χ1) is 11.3. The molecule has 1 heterocycles. The van der Waals surface area contributed by atoms with Crippen molar-refractivity contribution in [3.63, 3.8) is 0 Å². The lowest BCUT2D eigenvalue weighted by Gasteiger charge is -2.29. The molecule has 2 nitrogen and oxygen atoms in total. The highest BCUT2D eigenvalue weighted by molar-refractivity contribution is 5.47. The van der Waals surface area contributed by atoms with E-state index in [0.717, 1.165) is 5.69 Å². The van der Waals surface area contributed by atoms with Crippen molar-refractivity contribution >= 4 is 5.69 Å². The van der Waals surface area contributed by atoms with Crippen LogP contribution in [0.3, 0.4) is 0 Å². The average molecular weight is 306 g/mol. The number of fused-ring (bicyclic) bond motifs is 1. The average Bonchev–Trinajstić information content (AvgIpc) is 3.04. The minimum absolute atomic E-state index is 0.689. The quantitative estimate of drug-likeness (QED) is 0.862. The summed E-state index contributed by atoms with van der Waals surface area (Å²) in [7, 11) is 0. The molecular weight excluding hydrogens is 280 g/mol. The number of likely N-dealkylation sites (tertiary alicyclic amines) is 1. The molecule has 0 amide bonds. The molecule has 0 radical (unpaired) electrons. The van der Waals surface area contributed by atoms with Crippen molar-refractivity contribution in [3.05, 3.63) is 65.2 Å². The van der Waals surface area contributed by atoms with E-state index >= 15 is 0 Å². The summed E-state index contributed by atoms with van der Waals surface area (Å²) in [5, 5.41) is 0. The van der Waals surface area contributed by atoms with E-state index in [1.165, 1.54) is 56.4 Å². The molecule has 0 saturated carbocycles. The van der Waals surface area contributed by atoms with Gasteiger partial charge in [-0.2, -0.15) is 0 Å². The summed E-state index contributed by atoms with van der Waals surface area (Å²) in [6, 6.07) is 17.6. The maximum atomic E-state index is 5.96. The molecule has 2 heteroatoms. The third-order valence-electron chi connectivity index (χ3n) is 5.63. The van der Waals surface area contributed by atoms with Gasteiger partial charge in [0.15, 0.2) is 0 Å². The number of benzene rings is 2. The number of hydrogen-bond donors (Lipinski definition) is 1. The van der Waals surface area contributed by atoms with E-state index in [1.54, 1.807) is 5.56 Å². The highest BCUT2D eigenvalue weighted by Crippen LogP contribution is 2.35. The number of hydrogen-bond acceptors (Lipinski definition) is 2. The number of rotatable bonds is 3. The van der Waals surface area contributed by atoms with Gasteiger partial charge in [-0.15, -0.1) is 0 Å². The van der Waals surface area contributed by atoms with Crippen LogP contribution < -0.4 is 5.73 Å². The van der Waals surface area contributed by atoms with Gasteiger partial charge in [-0.25, -0.2) is 0 Å². The van der Waals surface area contributed by atoms with E-state index < -0.39 is 0 Å². The Labute approximate surface area is 139 Å². The van der Waals surface area contributed by atoms with E-state index in [1.807, 2.05) is 0 Å².